The van der Waals surface area contributed by atoms with Crippen molar-refractivity contribution in [1.29, 1.82) is 0 Å². The number of hydrogen-bond donors (Lipinski definition) is 3. The lowest BCUT2D eigenvalue weighted by atomic mass is 10.1. The highest BCUT2D eigenvalue weighted by molar-refractivity contribution is 5.89. The van der Waals surface area contributed by atoms with Crippen molar-refractivity contribution >= 4 is 17.8 Å². The molecule has 210 valence electrons. The molecule has 2 aromatic rings. The summed E-state index contributed by atoms with van der Waals surface area (Å²) in [6, 6.07) is 8.48. The van der Waals surface area contributed by atoms with Crippen LogP contribution in [0.4, 0.5) is 10.6 Å². The average molecular weight is 539 g/mol. The van der Waals surface area contributed by atoms with Crippen molar-refractivity contribution < 1.29 is 14.3 Å². The second kappa shape index (κ2) is 10.9. The van der Waals surface area contributed by atoms with Gasteiger partial charge in [-0.3, -0.25) is 19.6 Å². The molecule has 5 N–H and O–H groups in total. The van der Waals surface area contributed by atoms with Gasteiger partial charge in [-0.1, -0.05) is 0 Å². The number of urea groups is 1. The average Bonchev–Trinajstić information content (AvgIpc) is 3.40. The molecule has 12 nitrogen and oxygen atoms in total. The number of piperazine rings is 1. The molecule has 2 aliphatic heterocycles. The molecule has 3 aliphatic rings. The lowest BCUT2D eigenvalue weighted by Gasteiger charge is -2.37. The van der Waals surface area contributed by atoms with Crippen LogP contribution in [0, 0.1) is 17.8 Å². The number of anilines is 1. The van der Waals surface area contributed by atoms with E-state index in [9.17, 15) is 14.4 Å². The van der Waals surface area contributed by atoms with E-state index < -0.39 is 11.2 Å². The van der Waals surface area contributed by atoms with E-state index in [1.807, 2.05) is 12.1 Å². The van der Waals surface area contributed by atoms with Crippen LogP contribution in [0.25, 0.3) is 5.69 Å². The molecule has 2 unspecified atom stereocenters. The first-order valence-electron chi connectivity index (χ1n) is 13.5. The van der Waals surface area contributed by atoms with Crippen LogP contribution < -0.4 is 27.2 Å². The summed E-state index contributed by atoms with van der Waals surface area (Å²) in [6.45, 7) is 9.41. The maximum Gasteiger partial charge on any atom is 0.354 e. The van der Waals surface area contributed by atoms with Crippen molar-refractivity contribution in [3.8, 4) is 11.4 Å². The Morgan fingerprint density at radius 3 is 2.28 bits per heavy atom. The highest BCUT2D eigenvalue weighted by Crippen LogP contribution is 2.50. The Hall–Kier alpha value is -3.48. The zero-order valence-corrected chi connectivity index (χ0v) is 22.6. The number of rotatable bonds is 8. The van der Waals surface area contributed by atoms with Crippen molar-refractivity contribution in [3.05, 3.63) is 47.0 Å². The minimum absolute atomic E-state index is 0.146. The van der Waals surface area contributed by atoms with Crippen LogP contribution in [0.3, 0.4) is 0 Å². The Morgan fingerprint density at radius 2 is 1.69 bits per heavy atom. The summed E-state index contributed by atoms with van der Waals surface area (Å²) >= 11 is 0. The number of nitrogens with one attached hydrogen (secondary N) is 1. The molecule has 5 rings (SSSR count). The fourth-order valence-corrected chi connectivity index (χ4v) is 5.64. The summed E-state index contributed by atoms with van der Waals surface area (Å²) in [5, 5.41) is 2.68. The zero-order chi connectivity index (χ0) is 27.7. The molecule has 0 spiro atoms. The standard InChI is InChI=1S/C27H38N8O4/c1-27(2,29)24(36)33-9-11-34(12-10-33)25(37)30-23-7-8-35(26(38)31-23)18-3-5-19(6-4-18)39-14-13-32-16-21-20(15-28)22(21)17-32/h3-8,20-22H,9-17,28-29H2,1-2H3,(H,30,31,37,38). The summed E-state index contributed by atoms with van der Waals surface area (Å²) in [6.07, 6.45) is 1.58. The van der Waals surface area contributed by atoms with Crippen LogP contribution in [-0.4, -0.2) is 101 Å². The number of aromatic nitrogens is 2. The molecule has 1 saturated carbocycles. The smallest absolute Gasteiger partial charge is 0.354 e. The van der Waals surface area contributed by atoms with Gasteiger partial charge in [0.25, 0.3) is 0 Å². The number of hydrogen-bond acceptors (Lipinski definition) is 8. The summed E-state index contributed by atoms with van der Waals surface area (Å²) in [7, 11) is 0. The monoisotopic (exact) mass is 538 g/mol. The number of ether oxygens (including phenoxy) is 1. The van der Waals surface area contributed by atoms with E-state index in [1.165, 1.54) is 4.57 Å². The molecular formula is C27H38N8O4. The fourth-order valence-electron chi connectivity index (χ4n) is 5.64. The van der Waals surface area contributed by atoms with E-state index in [4.69, 9.17) is 16.2 Å². The molecule has 39 heavy (non-hydrogen) atoms. The van der Waals surface area contributed by atoms with Crippen LogP contribution in [0.15, 0.2) is 41.3 Å². The van der Waals surface area contributed by atoms with E-state index in [0.717, 1.165) is 49.7 Å². The summed E-state index contributed by atoms with van der Waals surface area (Å²) in [4.78, 5) is 47.4. The first kappa shape index (κ1) is 27.1. The molecule has 3 fully saturated rings. The molecule has 2 saturated heterocycles. The number of carbonyl (C=O) groups excluding carboxylic acids is 2. The van der Waals surface area contributed by atoms with Gasteiger partial charge in [0, 0.05) is 52.0 Å². The molecule has 1 aromatic carbocycles. The molecule has 0 bridgehead atoms. The number of benzene rings is 1. The van der Waals surface area contributed by atoms with Gasteiger partial charge >= 0.3 is 11.7 Å². The summed E-state index contributed by atoms with van der Waals surface area (Å²) in [5.41, 5.74) is 10.9. The van der Waals surface area contributed by atoms with Crippen LogP contribution in [0.5, 0.6) is 5.75 Å². The van der Waals surface area contributed by atoms with Gasteiger partial charge in [-0.15, -0.1) is 0 Å². The number of amides is 3. The minimum atomic E-state index is -0.950. The van der Waals surface area contributed by atoms with Crippen LogP contribution >= 0.6 is 0 Å². The third-order valence-electron chi connectivity index (χ3n) is 7.95. The van der Waals surface area contributed by atoms with Crippen molar-refractivity contribution in [2.45, 2.75) is 19.4 Å². The maximum absolute atomic E-state index is 12.7. The third kappa shape index (κ3) is 6.07. The quantitative estimate of drug-likeness (QED) is 0.430. The molecular weight excluding hydrogens is 500 g/mol. The largest absolute Gasteiger partial charge is 0.492 e. The summed E-state index contributed by atoms with van der Waals surface area (Å²) < 4.78 is 7.31. The van der Waals surface area contributed by atoms with E-state index >= 15 is 0 Å². The Labute approximate surface area is 227 Å². The number of carbonyl (C=O) groups is 2. The number of nitrogens with two attached hydrogens (primary N) is 2. The number of nitrogens with zero attached hydrogens (tertiary/aromatic N) is 5. The van der Waals surface area contributed by atoms with Gasteiger partial charge in [-0.05, 0) is 68.5 Å². The summed E-state index contributed by atoms with van der Waals surface area (Å²) in [5.74, 6) is 3.04. The molecule has 1 aromatic heterocycles. The highest BCUT2D eigenvalue weighted by Gasteiger charge is 2.54. The Morgan fingerprint density at radius 1 is 1.05 bits per heavy atom. The predicted molar refractivity (Wildman–Crippen MR) is 147 cm³/mol. The minimum Gasteiger partial charge on any atom is -0.492 e. The fraction of sp³-hybridized carbons (Fsp3) is 0.556. The van der Waals surface area contributed by atoms with Gasteiger partial charge in [0.05, 0.1) is 11.2 Å². The molecule has 1 aliphatic carbocycles. The van der Waals surface area contributed by atoms with Crippen LogP contribution in [-0.2, 0) is 4.79 Å². The second-order valence-electron chi connectivity index (χ2n) is 11.2. The SMILES string of the molecule is CC(C)(N)C(=O)N1CCN(C(=O)Nc2ccn(-c3ccc(OCCN4CC5C(CN)C5C4)cc3)c(=O)n2)CC1. The number of fused-ring (bicyclic) bond motifs is 1. The van der Waals surface area contributed by atoms with Crippen molar-refractivity contribution in [2.24, 2.45) is 29.2 Å². The lowest BCUT2D eigenvalue weighted by molar-refractivity contribution is -0.137. The zero-order valence-electron chi connectivity index (χ0n) is 22.6. The van der Waals surface area contributed by atoms with Crippen molar-refractivity contribution in [3.63, 3.8) is 0 Å². The molecule has 12 heteroatoms. The Kier molecular flexibility index (Phi) is 7.61. The van der Waals surface area contributed by atoms with E-state index in [1.54, 1.807) is 48.0 Å². The van der Waals surface area contributed by atoms with E-state index in [0.29, 0.717) is 38.5 Å². The topological polar surface area (TPSA) is 152 Å². The first-order chi connectivity index (χ1) is 18.6. The normalized spacial score (nSPS) is 22.9. The van der Waals surface area contributed by atoms with Gasteiger partial charge < -0.3 is 26.0 Å². The highest BCUT2D eigenvalue weighted by atomic mass is 16.5. The number of likely N-dealkylation sites (tertiary alicyclic amines) is 1. The van der Waals surface area contributed by atoms with Crippen molar-refractivity contribution in [2.75, 3.05) is 64.3 Å². The van der Waals surface area contributed by atoms with Gasteiger partial charge in [0.15, 0.2) is 0 Å². The van der Waals surface area contributed by atoms with Crippen molar-refractivity contribution in [1.82, 2.24) is 24.3 Å². The van der Waals surface area contributed by atoms with Gasteiger partial charge in [-0.2, -0.15) is 4.98 Å². The predicted octanol–water partition coefficient (Wildman–Crippen LogP) is 0.161. The second-order valence-corrected chi connectivity index (χ2v) is 11.2. The van der Waals surface area contributed by atoms with Gasteiger partial charge in [0.2, 0.25) is 5.91 Å². The third-order valence-corrected chi connectivity index (χ3v) is 7.95. The van der Waals surface area contributed by atoms with Gasteiger partial charge in [-0.25, -0.2) is 9.59 Å². The maximum atomic E-state index is 12.7. The lowest BCUT2D eigenvalue weighted by Crippen LogP contribution is -2.58. The molecule has 3 heterocycles. The van der Waals surface area contributed by atoms with E-state index in [2.05, 4.69) is 15.2 Å². The number of piperidine rings is 1. The van der Waals surface area contributed by atoms with E-state index in [-0.39, 0.29) is 17.8 Å². The molecule has 0 radical (unpaired) electrons. The Bertz CT molecular complexity index is 1240. The molecule has 2 atom stereocenters. The molecule has 3 amide bonds. The van der Waals surface area contributed by atoms with Crippen LogP contribution in [0.1, 0.15) is 13.8 Å². The van der Waals surface area contributed by atoms with Gasteiger partial charge in [0.1, 0.15) is 18.2 Å². The Balaban J connectivity index is 1.09. The van der Waals surface area contributed by atoms with Crippen LogP contribution in [0.2, 0.25) is 0 Å². The first-order valence-corrected chi connectivity index (χ1v) is 13.5.